The van der Waals surface area contributed by atoms with Crippen molar-refractivity contribution in [2.75, 3.05) is 13.6 Å². The SMILES string of the molecule is CCC[N+]1(C)C=CN=C1.O=[N+]([O-])[O-]. The summed E-state index contributed by atoms with van der Waals surface area (Å²) in [6.45, 7) is 3.34. The van der Waals surface area contributed by atoms with Crippen molar-refractivity contribution in [2.45, 2.75) is 13.3 Å². The first-order chi connectivity index (χ1) is 6.00. The minimum Gasteiger partial charge on any atom is -0.356 e. The molecule has 13 heavy (non-hydrogen) atoms. The van der Waals surface area contributed by atoms with Gasteiger partial charge in [-0.25, -0.2) is 4.99 Å². The Labute approximate surface area is 76.5 Å². The molecule has 0 spiro atoms. The predicted octanol–water partition coefficient (Wildman–Crippen LogP) is 1.12. The van der Waals surface area contributed by atoms with Crippen molar-refractivity contribution in [1.82, 2.24) is 0 Å². The van der Waals surface area contributed by atoms with Gasteiger partial charge in [-0.1, -0.05) is 6.92 Å². The number of rotatable bonds is 2. The van der Waals surface area contributed by atoms with Crippen molar-refractivity contribution < 1.29 is 9.57 Å². The Morgan fingerprint density at radius 3 is 2.38 bits per heavy atom. The second kappa shape index (κ2) is 5.26. The van der Waals surface area contributed by atoms with Crippen molar-refractivity contribution in [2.24, 2.45) is 4.99 Å². The van der Waals surface area contributed by atoms with Gasteiger partial charge in [0.1, 0.15) is 6.20 Å². The van der Waals surface area contributed by atoms with Gasteiger partial charge in [0, 0.05) is 0 Å². The van der Waals surface area contributed by atoms with Gasteiger partial charge in [0.2, 0.25) is 0 Å². The second-order valence-corrected chi connectivity index (χ2v) is 2.86. The molecule has 6 nitrogen and oxygen atoms in total. The van der Waals surface area contributed by atoms with Crippen LogP contribution in [0.5, 0.6) is 0 Å². The summed E-state index contributed by atoms with van der Waals surface area (Å²) in [6, 6.07) is 0. The molecule has 0 aromatic rings. The molecule has 0 bridgehead atoms. The van der Waals surface area contributed by atoms with E-state index < -0.39 is 5.09 Å². The minimum absolute atomic E-state index is 0.872. The van der Waals surface area contributed by atoms with Crippen LogP contribution in [-0.2, 0) is 0 Å². The third kappa shape index (κ3) is 5.80. The zero-order valence-corrected chi connectivity index (χ0v) is 7.71. The largest absolute Gasteiger partial charge is 0.356 e. The van der Waals surface area contributed by atoms with Gasteiger partial charge in [0.25, 0.3) is 0 Å². The lowest BCUT2D eigenvalue weighted by molar-refractivity contribution is -0.756. The summed E-state index contributed by atoms with van der Waals surface area (Å²) in [6.07, 6.45) is 7.12. The van der Waals surface area contributed by atoms with Crippen LogP contribution in [0.3, 0.4) is 0 Å². The van der Waals surface area contributed by atoms with E-state index in [2.05, 4.69) is 25.2 Å². The van der Waals surface area contributed by atoms with Gasteiger partial charge in [-0.2, -0.15) is 0 Å². The molecule has 1 aliphatic rings. The zero-order chi connectivity index (χ0) is 10.3. The number of hydrogen-bond acceptors (Lipinski definition) is 4. The van der Waals surface area contributed by atoms with Crippen LogP contribution in [0, 0.1) is 15.3 Å². The van der Waals surface area contributed by atoms with Crippen molar-refractivity contribution in [1.29, 1.82) is 0 Å². The van der Waals surface area contributed by atoms with Crippen LogP contribution in [-0.4, -0.2) is 29.5 Å². The van der Waals surface area contributed by atoms with Crippen LogP contribution < -0.4 is 0 Å². The van der Waals surface area contributed by atoms with Gasteiger partial charge >= 0.3 is 0 Å². The second-order valence-electron chi connectivity index (χ2n) is 2.86. The fourth-order valence-electron chi connectivity index (χ4n) is 1.03. The molecule has 0 aliphatic carbocycles. The Kier molecular flexibility index (Phi) is 4.68. The maximum Gasteiger partial charge on any atom is 0.194 e. The molecule has 0 aromatic heterocycles. The van der Waals surface area contributed by atoms with Crippen LogP contribution in [0.2, 0.25) is 0 Å². The average Bonchev–Trinajstić information content (AvgIpc) is 2.35. The topological polar surface area (TPSA) is 78.6 Å². The van der Waals surface area contributed by atoms with Crippen LogP contribution in [0.4, 0.5) is 0 Å². The Bertz CT molecular complexity index is 209. The van der Waals surface area contributed by atoms with E-state index in [4.69, 9.17) is 15.3 Å². The van der Waals surface area contributed by atoms with E-state index in [0.717, 1.165) is 11.0 Å². The summed E-state index contributed by atoms with van der Waals surface area (Å²) in [4.78, 5) is 12.3. The molecule has 0 radical (unpaired) electrons. The quantitative estimate of drug-likeness (QED) is 0.369. The first-order valence-corrected chi connectivity index (χ1v) is 3.88. The van der Waals surface area contributed by atoms with Gasteiger partial charge in [0.15, 0.2) is 6.34 Å². The van der Waals surface area contributed by atoms with Gasteiger partial charge in [0.05, 0.1) is 24.9 Å². The molecule has 0 amide bonds. The first-order valence-electron chi connectivity index (χ1n) is 3.88. The standard InChI is InChI=1S/C7H13N2.NO3/c1-3-5-9(2)6-4-8-7-9;2-1(3)4/h4,6-7H,3,5H2,1-2H3;/q+1;-1. The lowest BCUT2D eigenvalue weighted by Gasteiger charge is -2.19. The van der Waals surface area contributed by atoms with Crippen LogP contribution in [0.25, 0.3) is 0 Å². The number of quaternary nitrogens is 1. The van der Waals surface area contributed by atoms with Crippen molar-refractivity contribution in [3.63, 3.8) is 0 Å². The third-order valence-corrected chi connectivity index (χ3v) is 1.53. The van der Waals surface area contributed by atoms with E-state index in [1.54, 1.807) is 0 Å². The van der Waals surface area contributed by atoms with Gasteiger partial charge < -0.3 is 15.3 Å². The molecule has 1 heterocycles. The van der Waals surface area contributed by atoms with Gasteiger partial charge in [-0.3, -0.25) is 4.48 Å². The lowest BCUT2D eigenvalue weighted by Crippen LogP contribution is -2.35. The highest BCUT2D eigenvalue weighted by Gasteiger charge is 2.16. The molecule has 74 valence electrons. The molecular formula is C7H13N3O3. The highest BCUT2D eigenvalue weighted by atomic mass is 16.9. The van der Waals surface area contributed by atoms with E-state index >= 15 is 0 Å². The van der Waals surface area contributed by atoms with E-state index in [0.29, 0.717) is 0 Å². The molecule has 6 heteroatoms. The fourth-order valence-corrected chi connectivity index (χ4v) is 1.03. The van der Waals surface area contributed by atoms with Crippen LogP contribution in [0.1, 0.15) is 13.3 Å². The van der Waals surface area contributed by atoms with Gasteiger partial charge in [-0.05, 0) is 6.42 Å². The molecule has 1 unspecified atom stereocenters. The lowest BCUT2D eigenvalue weighted by atomic mass is 10.4. The maximum atomic E-state index is 8.25. The minimum atomic E-state index is -1.75. The Balaban J connectivity index is 0.000000310. The summed E-state index contributed by atoms with van der Waals surface area (Å²) in [5.74, 6) is 0. The fraction of sp³-hybridized carbons (Fsp3) is 0.571. The van der Waals surface area contributed by atoms with Gasteiger partial charge in [-0.15, -0.1) is 0 Å². The normalized spacial score (nSPS) is 23.8. The molecule has 0 saturated heterocycles. The molecule has 1 atom stereocenters. The van der Waals surface area contributed by atoms with E-state index in [-0.39, 0.29) is 0 Å². The highest BCUT2D eigenvalue weighted by Crippen LogP contribution is 2.06. The number of aliphatic imine (C=N–C) groups is 1. The molecule has 0 saturated carbocycles. The Hall–Kier alpha value is -1.43. The predicted molar refractivity (Wildman–Crippen MR) is 49.3 cm³/mol. The van der Waals surface area contributed by atoms with Crippen molar-refractivity contribution in [3.05, 3.63) is 27.7 Å². The zero-order valence-electron chi connectivity index (χ0n) is 7.71. The summed E-state index contributed by atoms with van der Waals surface area (Å²) in [7, 11) is 2.15. The number of nitrogens with zero attached hydrogens (tertiary/aromatic N) is 3. The highest BCUT2D eigenvalue weighted by molar-refractivity contribution is 5.50. The van der Waals surface area contributed by atoms with Crippen molar-refractivity contribution >= 4 is 6.34 Å². The third-order valence-electron chi connectivity index (χ3n) is 1.53. The van der Waals surface area contributed by atoms with E-state index in [9.17, 15) is 0 Å². The maximum absolute atomic E-state index is 8.25. The van der Waals surface area contributed by atoms with Crippen LogP contribution in [0.15, 0.2) is 17.4 Å². The van der Waals surface area contributed by atoms with E-state index in [1.807, 2.05) is 12.5 Å². The molecule has 0 aromatic carbocycles. The molecule has 0 N–H and O–H groups in total. The Morgan fingerprint density at radius 1 is 1.54 bits per heavy atom. The number of hydrogen-bond donors (Lipinski definition) is 0. The van der Waals surface area contributed by atoms with Crippen molar-refractivity contribution in [3.8, 4) is 0 Å². The first kappa shape index (κ1) is 11.6. The molecule has 1 aliphatic heterocycles. The van der Waals surface area contributed by atoms with E-state index in [1.165, 1.54) is 6.42 Å². The smallest absolute Gasteiger partial charge is 0.194 e. The summed E-state index contributed by atoms with van der Waals surface area (Å²) in [5, 5.41) is 14.8. The average molecular weight is 187 g/mol. The summed E-state index contributed by atoms with van der Waals surface area (Å²) < 4.78 is 0.872. The monoisotopic (exact) mass is 187 g/mol. The molecule has 0 fully saturated rings. The Morgan fingerprint density at radius 2 is 2.08 bits per heavy atom. The summed E-state index contributed by atoms with van der Waals surface area (Å²) >= 11 is 0. The molecule has 1 rings (SSSR count). The van der Waals surface area contributed by atoms with Crippen LogP contribution >= 0.6 is 0 Å². The summed E-state index contributed by atoms with van der Waals surface area (Å²) in [5.41, 5.74) is 0. The molecular weight excluding hydrogens is 174 g/mol.